The molecule has 2 unspecified atom stereocenters. The van der Waals surface area contributed by atoms with Crippen LogP contribution in [0.1, 0.15) is 70.9 Å². The van der Waals surface area contributed by atoms with Gasteiger partial charge in [0.2, 0.25) is 17.7 Å². The molecule has 4 amide bonds. The fourth-order valence-electron chi connectivity index (χ4n) is 3.94. The standard InChI is InChI=1S/C24H36N4O5/c1-24(2,3)33-23(32)27-18(15-19(25)29)22(31)28(4)20(16-11-7-5-8-12-16)21(30)26-17-13-9-6-10-14-17/h5,7-8,11-12,17-18,20H,6,9-10,13-15H2,1-4H3,(H2,25,29)(H,26,30)(H,27,32). The molecule has 1 aliphatic carbocycles. The van der Waals surface area contributed by atoms with E-state index in [2.05, 4.69) is 10.6 Å². The van der Waals surface area contributed by atoms with Crippen LogP contribution in [0.25, 0.3) is 0 Å². The molecule has 1 aliphatic rings. The van der Waals surface area contributed by atoms with Crippen LogP contribution in [0.4, 0.5) is 4.79 Å². The fourth-order valence-corrected chi connectivity index (χ4v) is 3.94. The molecule has 1 fully saturated rings. The minimum absolute atomic E-state index is 0.0577. The number of amides is 4. The Labute approximate surface area is 195 Å². The van der Waals surface area contributed by atoms with Crippen molar-refractivity contribution in [3.63, 3.8) is 0 Å². The van der Waals surface area contributed by atoms with Gasteiger partial charge in [0.05, 0.1) is 6.42 Å². The summed E-state index contributed by atoms with van der Waals surface area (Å²) < 4.78 is 5.22. The smallest absolute Gasteiger partial charge is 0.408 e. The second kappa shape index (κ2) is 11.7. The lowest BCUT2D eigenvalue weighted by atomic mass is 9.94. The topological polar surface area (TPSA) is 131 Å². The van der Waals surface area contributed by atoms with Crippen molar-refractivity contribution in [2.75, 3.05) is 7.05 Å². The van der Waals surface area contributed by atoms with Crippen LogP contribution in [-0.2, 0) is 19.1 Å². The molecule has 2 atom stereocenters. The molecular weight excluding hydrogens is 424 g/mol. The highest BCUT2D eigenvalue weighted by atomic mass is 16.6. The van der Waals surface area contributed by atoms with Gasteiger partial charge >= 0.3 is 6.09 Å². The maximum absolute atomic E-state index is 13.4. The number of nitrogens with zero attached hydrogens (tertiary/aromatic N) is 1. The van der Waals surface area contributed by atoms with E-state index in [1.807, 2.05) is 6.07 Å². The van der Waals surface area contributed by atoms with E-state index in [1.165, 1.54) is 11.9 Å². The van der Waals surface area contributed by atoms with Gasteiger partial charge in [0.25, 0.3) is 0 Å². The van der Waals surface area contributed by atoms with E-state index < -0.39 is 42.0 Å². The van der Waals surface area contributed by atoms with E-state index in [0.29, 0.717) is 5.56 Å². The summed E-state index contributed by atoms with van der Waals surface area (Å²) in [5, 5.41) is 5.50. The lowest BCUT2D eigenvalue weighted by Crippen LogP contribution is -2.53. The molecule has 2 rings (SSSR count). The van der Waals surface area contributed by atoms with Gasteiger partial charge in [0.15, 0.2) is 0 Å². The maximum Gasteiger partial charge on any atom is 0.408 e. The summed E-state index contributed by atoms with van der Waals surface area (Å²) in [6.45, 7) is 5.06. The van der Waals surface area contributed by atoms with Crippen LogP contribution < -0.4 is 16.4 Å². The largest absolute Gasteiger partial charge is 0.444 e. The van der Waals surface area contributed by atoms with E-state index in [0.717, 1.165) is 32.1 Å². The minimum Gasteiger partial charge on any atom is -0.444 e. The molecule has 9 heteroatoms. The summed E-state index contributed by atoms with van der Waals surface area (Å²) in [5.41, 5.74) is 5.16. The monoisotopic (exact) mass is 460 g/mol. The number of nitrogens with two attached hydrogens (primary N) is 1. The van der Waals surface area contributed by atoms with E-state index in [9.17, 15) is 19.2 Å². The average molecular weight is 461 g/mol. The van der Waals surface area contributed by atoms with E-state index in [1.54, 1.807) is 45.0 Å². The third-order valence-corrected chi connectivity index (χ3v) is 5.44. The first kappa shape index (κ1) is 26.2. The number of hydrogen-bond acceptors (Lipinski definition) is 5. The minimum atomic E-state index is -1.27. The number of hydrogen-bond donors (Lipinski definition) is 3. The van der Waals surface area contributed by atoms with Crippen molar-refractivity contribution < 1.29 is 23.9 Å². The highest BCUT2D eigenvalue weighted by Gasteiger charge is 2.35. The molecule has 0 aliphatic heterocycles. The molecule has 0 spiro atoms. The Bertz CT molecular complexity index is 831. The van der Waals surface area contributed by atoms with Gasteiger partial charge in [-0.1, -0.05) is 49.6 Å². The lowest BCUT2D eigenvalue weighted by molar-refractivity contribution is -0.142. The van der Waals surface area contributed by atoms with Gasteiger partial charge in [0.1, 0.15) is 17.7 Å². The van der Waals surface area contributed by atoms with Crippen molar-refractivity contribution in [1.29, 1.82) is 0 Å². The lowest BCUT2D eigenvalue weighted by Gasteiger charge is -2.33. The van der Waals surface area contributed by atoms with Gasteiger partial charge in [-0.25, -0.2) is 4.79 Å². The zero-order valence-corrected chi connectivity index (χ0v) is 19.9. The van der Waals surface area contributed by atoms with E-state index in [-0.39, 0.29) is 11.9 Å². The summed E-state index contributed by atoms with van der Waals surface area (Å²) in [7, 11) is 1.48. The van der Waals surface area contributed by atoms with Gasteiger partial charge in [0, 0.05) is 13.1 Å². The van der Waals surface area contributed by atoms with Crippen LogP contribution in [0, 0.1) is 0 Å². The molecule has 9 nitrogen and oxygen atoms in total. The van der Waals surface area contributed by atoms with E-state index >= 15 is 0 Å². The molecule has 1 aromatic rings. The second-order valence-corrected chi connectivity index (χ2v) is 9.48. The van der Waals surface area contributed by atoms with E-state index in [4.69, 9.17) is 10.5 Å². The molecule has 0 saturated heterocycles. The van der Waals surface area contributed by atoms with Crippen molar-refractivity contribution in [3.05, 3.63) is 35.9 Å². The number of benzene rings is 1. The van der Waals surface area contributed by atoms with Gasteiger partial charge in [-0.05, 0) is 39.2 Å². The summed E-state index contributed by atoms with van der Waals surface area (Å²) in [4.78, 5) is 51.8. The molecule has 0 bridgehead atoms. The summed E-state index contributed by atoms with van der Waals surface area (Å²) in [5.74, 6) is -1.69. The Morgan fingerprint density at radius 3 is 2.24 bits per heavy atom. The van der Waals surface area contributed by atoms with Gasteiger partial charge in [-0.3, -0.25) is 14.4 Å². The number of primary amides is 1. The summed E-state index contributed by atoms with van der Waals surface area (Å²) in [6, 6.07) is 6.78. The highest BCUT2D eigenvalue weighted by Crippen LogP contribution is 2.24. The highest BCUT2D eigenvalue weighted by molar-refractivity contribution is 5.94. The van der Waals surface area contributed by atoms with Crippen LogP contribution in [0.5, 0.6) is 0 Å². The zero-order valence-electron chi connectivity index (χ0n) is 19.9. The molecule has 1 saturated carbocycles. The van der Waals surface area contributed by atoms with Crippen LogP contribution in [0.2, 0.25) is 0 Å². The molecular formula is C24H36N4O5. The van der Waals surface area contributed by atoms with Crippen molar-refractivity contribution in [2.45, 2.75) is 83.0 Å². The Morgan fingerprint density at radius 1 is 1.09 bits per heavy atom. The predicted molar refractivity (Wildman–Crippen MR) is 124 cm³/mol. The average Bonchev–Trinajstić information content (AvgIpc) is 2.72. The summed E-state index contributed by atoms with van der Waals surface area (Å²) >= 11 is 0. The Balaban J connectivity index is 2.25. The second-order valence-electron chi connectivity index (χ2n) is 9.48. The fraction of sp³-hybridized carbons (Fsp3) is 0.583. The third kappa shape index (κ3) is 8.40. The zero-order chi connectivity index (χ0) is 24.6. The van der Waals surface area contributed by atoms with Crippen molar-refractivity contribution >= 4 is 23.8 Å². The first-order valence-corrected chi connectivity index (χ1v) is 11.4. The van der Waals surface area contributed by atoms with Crippen molar-refractivity contribution in [1.82, 2.24) is 15.5 Å². The summed E-state index contributed by atoms with van der Waals surface area (Å²) in [6.07, 6.45) is 3.78. The first-order valence-electron chi connectivity index (χ1n) is 11.4. The Hall–Kier alpha value is -3.10. The Kier molecular flexibility index (Phi) is 9.25. The predicted octanol–water partition coefficient (Wildman–Crippen LogP) is 2.40. The van der Waals surface area contributed by atoms with Crippen molar-refractivity contribution in [2.24, 2.45) is 5.73 Å². The number of alkyl carbamates (subject to hydrolysis) is 1. The SMILES string of the molecule is CN(C(=O)C(CC(N)=O)NC(=O)OC(C)(C)C)C(C(=O)NC1CCCCC1)c1ccccc1. The molecule has 0 aromatic heterocycles. The number of carbonyl (C=O) groups is 4. The van der Waals surface area contributed by atoms with Gasteiger partial charge in [-0.2, -0.15) is 0 Å². The molecule has 4 N–H and O–H groups in total. The molecule has 0 radical (unpaired) electrons. The maximum atomic E-state index is 13.4. The van der Waals surface area contributed by atoms with Gasteiger partial charge < -0.3 is 26.0 Å². The third-order valence-electron chi connectivity index (χ3n) is 5.44. The number of nitrogens with one attached hydrogen (secondary N) is 2. The van der Waals surface area contributed by atoms with Crippen molar-refractivity contribution in [3.8, 4) is 0 Å². The molecule has 33 heavy (non-hydrogen) atoms. The molecule has 182 valence electrons. The number of ether oxygens (including phenoxy) is 1. The number of carbonyl (C=O) groups excluding carboxylic acids is 4. The normalized spacial score (nSPS) is 16.2. The van der Waals surface area contributed by atoms with Crippen LogP contribution in [0.3, 0.4) is 0 Å². The Morgan fingerprint density at radius 2 is 1.70 bits per heavy atom. The first-order chi connectivity index (χ1) is 15.5. The van der Waals surface area contributed by atoms with Crippen LogP contribution in [0.15, 0.2) is 30.3 Å². The molecule has 1 aromatic carbocycles. The van der Waals surface area contributed by atoms with Gasteiger partial charge in [-0.15, -0.1) is 0 Å². The quantitative estimate of drug-likeness (QED) is 0.548. The number of likely N-dealkylation sites (N-methyl/N-ethyl adjacent to an activating group) is 1. The molecule has 0 heterocycles. The number of rotatable bonds is 8. The van der Waals surface area contributed by atoms with Crippen LogP contribution in [-0.4, -0.2) is 53.4 Å². The van der Waals surface area contributed by atoms with Crippen LogP contribution >= 0.6 is 0 Å².